The van der Waals surface area contributed by atoms with Crippen LogP contribution in [-0.2, 0) is 6.54 Å². The lowest BCUT2D eigenvalue weighted by Gasteiger charge is -2.18. The average Bonchev–Trinajstić information content (AvgIpc) is 3.06. The van der Waals surface area contributed by atoms with E-state index in [1.165, 1.54) is 5.69 Å². The monoisotopic (exact) mass is 258 g/mol. The van der Waals surface area contributed by atoms with E-state index in [0.29, 0.717) is 6.04 Å². The molecule has 2 aromatic rings. The van der Waals surface area contributed by atoms with Crippen molar-refractivity contribution in [2.24, 2.45) is 0 Å². The van der Waals surface area contributed by atoms with Gasteiger partial charge in [0.25, 0.3) is 0 Å². The van der Waals surface area contributed by atoms with Crippen molar-refractivity contribution in [3.63, 3.8) is 0 Å². The van der Waals surface area contributed by atoms with Gasteiger partial charge in [0.15, 0.2) is 0 Å². The summed E-state index contributed by atoms with van der Waals surface area (Å²) in [6, 6.07) is 11.0. The van der Waals surface area contributed by atoms with E-state index in [9.17, 15) is 0 Å². The molecular weight excluding hydrogens is 240 g/mol. The Kier molecular flexibility index (Phi) is 3.46. The number of para-hydroxylation sites is 1. The molecule has 1 fully saturated rings. The number of benzene rings is 1. The van der Waals surface area contributed by atoms with Gasteiger partial charge < -0.3 is 10.2 Å². The molecule has 5 nitrogen and oxygen atoms in total. The number of anilines is 1. The molecule has 100 valence electrons. The summed E-state index contributed by atoms with van der Waals surface area (Å²) in [6.07, 6.45) is 1.15. The van der Waals surface area contributed by atoms with Crippen molar-refractivity contribution in [1.29, 1.82) is 0 Å². The third-order valence-electron chi connectivity index (χ3n) is 3.61. The molecule has 1 N–H and O–H groups in total. The summed E-state index contributed by atoms with van der Waals surface area (Å²) in [5.41, 5.74) is 3.06. The fourth-order valence-corrected chi connectivity index (χ4v) is 2.45. The van der Waals surface area contributed by atoms with Gasteiger partial charge in [0.05, 0.1) is 0 Å². The highest BCUT2D eigenvalue weighted by Gasteiger charge is 2.22. The van der Waals surface area contributed by atoms with Crippen molar-refractivity contribution >= 4 is 5.69 Å². The molecule has 0 radical (unpaired) electrons. The highest BCUT2D eigenvalue weighted by atomic mass is 16.6. The highest BCUT2D eigenvalue weighted by Crippen LogP contribution is 2.19. The van der Waals surface area contributed by atoms with Crippen molar-refractivity contribution in [1.82, 2.24) is 15.6 Å². The second-order valence-electron chi connectivity index (χ2n) is 4.94. The van der Waals surface area contributed by atoms with Crippen LogP contribution in [0.3, 0.4) is 0 Å². The van der Waals surface area contributed by atoms with Crippen LogP contribution in [0.5, 0.6) is 0 Å². The lowest BCUT2D eigenvalue weighted by molar-refractivity contribution is 0.300. The van der Waals surface area contributed by atoms with E-state index in [4.69, 9.17) is 4.63 Å². The van der Waals surface area contributed by atoms with Crippen LogP contribution in [-0.4, -0.2) is 29.4 Å². The predicted octanol–water partition coefficient (Wildman–Crippen LogP) is 1.75. The molecule has 0 bridgehead atoms. The molecule has 0 saturated carbocycles. The molecule has 0 aliphatic carbocycles. The highest BCUT2D eigenvalue weighted by molar-refractivity contribution is 5.47. The van der Waals surface area contributed by atoms with Crippen molar-refractivity contribution < 1.29 is 4.63 Å². The normalized spacial score (nSPS) is 19.0. The molecule has 3 rings (SSSR count). The molecule has 1 aromatic carbocycles. The average molecular weight is 258 g/mol. The zero-order valence-corrected chi connectivity index (χ0v) is 11.0. The van der Waals surface area contributed by atoms with Crippen molar-refractivity contribution in [2.75, 3.05) is 18.0 Å². The molecule has 1 unspecified atom stereocenters. The third-order valence-corrected chi connectivity index (χ3v) is 3.61. The maximum Gasteiger partial charge on any atom is 0.121 e. The van der Waals surface area contributed by atoms with Crippen LogP contribution in [0.4, 0.5) is 5.69 Å². The Labute approximate surface area is 112 Å². The van der Waals surface area contributed by atoms with Crippen LogP contribution in [0.25, 0.3) is 0 Å². The van der Waals surface area contributed by atoms with E-state index in [1.54, 1.807) is 0 Å². The Balaban J connectivity index is 1.54. The Morgan fingerprint density at radius 3 is 2.89 bits per heavy atom. The second kappa shape index (κ2) is 5.40. The van der Waals surface area contributed by atoms with Crippen LogP contribution in [0.1, 0.15) is 17.8 Å². The molecule has 1 aromatic heterocycles. The molecule has 1 aliphatic heterocycles. The van der Waals surface area contributed by atoms with E-state index < -0.39 is 0 Å². The summed E-state index contributed by atoms with van der Waals surface area (Å²) in [6.45, 7) is 4.77. The minimum absolute atomic E-state index is 0.497. The summed E-state index contributed by atoms with van der Waals surface area (Å²) < 4.78 is 4.70. The number of rotatable bonds is 4. The van der Waals surface area contributed by atoms with Crippen molar-refractivity contribution in [3.05, 3.63) is 41.7 Å². The van der Waals surface area contributed by atoms with Crippen LogP contribution in [0, 0.1) is 6.92 Å². The number of hydrogen-bond donors (Lipinski definition) is 1. The number of nitrogens with one attached hydrogen (secondary N) is 1. The summed E-state index contributed by atoms with van der Waals surface area (Å²) in [4.78, 5) is 2.41. The number of aryl methyl sites for hydroxylation is 1. The number of hydrogen-bond acceptors (Lipinski definition) is 5. The van der Waals surface area contributed by atoms with Gasteiger partial charge in [-0.2, -0.15) is 0 Å². The minimum atomic E-state index is 0.497. The van der Waals surface area contributed by atoms with E-state index in [0.717, 1.165) is 37.4 Å². The molecule has 19 heavy (non-hydrogen) atoms. The maximum atomic E-state index is 4.70. The van der Waals surface area contributed by atoms with E-state index >= 15 is 0 Å². The third kappa shape index (κ3) is 2.76. The van der Waals surface area contributed by atoms with E-state index in [2.05, 4.69) is 50.9 Å². The predicted molar refractivity (Wildman–Crippen MR) is 72.9 cm³/mol. The fourth-order valence-electron chi connectivity index (χ4n) is 2.45. The van der Waals surface area contributed by atoms with Gasteiger partial charge in [-0.25, -0.2) is 4.63 Å². The van der Waals surface area contributed by atoms with Gasteiger partial charge in [0.2, 0.25) is 0 Å². The van der Waals surface area contributed by atoms with E-state index in [-0.39, 0.29) is 0 Å². The van der Waals surface area contributed by atoms with Crippen molar-refractivity contribution in [3.8, 4) is 0 Å². The molecule has 1 aliphatic rings. The quantitative estimate of drug-likeness (QED) is 0.905. The Morgan fingerprint density at radius 2 is 2.16 bits per heavy atom. The largest absolute Gasteiger partial charge is 0.370 e. The van der Waals surface area contributed by atoms with Gasteiger partial charge in [-0.15, -0.1) is 0 Å². The van der Waals surface area contributed by atoms with Crippen LogP contribution in [0.2, 0.25) is 0 Å². The molecule has 0 amide bonds. The lowest BCUT2D eigenvalue weighted by Crippen LogP contribution is -2.32. The van der Waals surface area contributed by atoms with Crippen LogP contribution >= 0.6 is 0 Å². The van der Waals surface area contributed by atoms with Gasteiger partial charge >= 0.3 is 0 Å². The number of nitrogens with zero attached hydrogens (tertiary/aromatic N) is 3. The van der Waals surface area contributed by atoms with Gasteiger partial charge in [-0.05, 0) is 25.5 Å². The van der Waals surface area contributed by atoms with Gasteiger partial charge in [-0.1, -0.05) is 28.5 Å². The van der Waals surface area contributed by atoms with Gasteiger partial charge in [-0.3, -0.25) is 0 Å². The lowest BCUT2D eigenvalue weighted by atomic mass is 10.2. The summed E-state index contributed by atoms with van der Waals surface area (Å²) in [5.74, 6) is 0. The summed E-state index contributed by atoms with van der Waals surface area (Å²) in [5, 5.41) is 11.2. The van der Waals surface area contributed by atoms with Gasteiger partial charge in [0, 0.05) is 31.4 Å². The first-order valence-corrected chi connectivity index (χ1v) is 6.64. The smallest absolute Gasteiger partial charge is 0.121 e. The Bertz CT molecular complexity index is 525. The molecule has 0 spiro atoms. The molecular formula is C14H18N4O. The topological polar surface area (TPSA) is 54.2 Å². The number of aromatic nitrogens is 2. The minimum Gasteiger partial charge on any atom is -0.370 e. The molecule has 2 heterocycles. The fraction of sp³-hybridized carbons (Fsp3) is 0.429. The van der Waals surface area contributed by atoms with Crippen molar-refractivity contribution in [2.45, 2.75) is 25.9 Å². The molecule has 5 heteroatoms. The van der Waals surface area contributed by atoms with Gasteiger partial charge in [0.1, 0.15) is 11.4 Å². The SMILES string of the molecule is Cc1nonc1CNC1CCN(c2ccccc2)C1. The first-order valence-electron chi connectivity index (χ1n) is 6.64. The first-order chi connectivity index (χ1) is 9.33. The Hall–Kier alpha value is -1.88. The first kappa shape index (κ1) is 12.2. The van der Waals surface area contributed by atoms with Crippen LogP contribution < -0.4 is 10.2 Å². The maximum absolute atomic E-state index is 4.70. The summed E-state index contributed by atoms with van der Waals surface area (Å²) in [7, 11) is 0. The zero-order chi connectivity index (χ0) is 13.1. The van der Waals surface area contributed by atoms with E-state index in [1.807, 2.05) is 6.92 Å². The summed E-state index contributed by atoms with van der Waals surface area (Å²) >= 11 is 0. The zero-order valence-electron chi connectivity index (χ0n) is 11.0. The Morgan fingerprint density at radius 1 is 1.32 bits per heavy atom. The van der Waals surface area contributed by atoms with Crippen LogP contribution in [0.15, 0.2) is 35.0 Å². The second-order valence-corrected chi connectivity index (χ2v) is 4.94. The standard InChI is InChI=1S/C14H18N4O/c1-11-14(17-19-16-11)9-15-12-7-8-18(10-12)13-5-3-2-4-6-13/h2-6,12,15H,7-10H2,1H3. The molecule has 1 atom stereocenters. The molecule has 1 saturated heterocycles.